The quantitative estimate of drug-likeness (QED) is 0.411. The number of carbonyl (C=O) groups excluding carboxylic acids is 1. The molecular formula is C28H34FN5O4S. The van der Waals surface area contributed by atoms with Crippen molar-refractivity contribution in [2.75, 3.05) is 23.8 Å². The molecule has 0 spiro atoms. The summed E-state index contributed by atoms with van der Waals surface area (Å²) in [5.41, 5.74) is 6.12. The lowest BCUT2D eigenvalue weighted by molar-refractivity contribution is 0.0981. The molecule has 1 amide bonds. The number of carbonyl (C=O) groups is 1. The van der Waals surface area contributed by atoms with Crippen molar-refractivity contribution in [1.29, 1.82) is 0 Å². The van der Waals surface area contributed by atoms with Gasteiger partial charge in [-0.1, -0.05) is 26.8 Å². The van der Waals surface area contributed by atoms with Crippen LogP contribution in [-0.4, -0.2) is 43.0 Å². The van der Waals surface area contributed by atoms with Crippen molar-refractivity contribution in [3.63, 3.8) is 0 Å². The first-order chi connectivity index (χ1) is 18.2. The fraction of sp³-hybridized carbons (Fsp3) is 0.393. The highest BCUT2D eigenvalue weighted by Crippen LogP contribution is 2.37. The first-order valence-corrected chi connectivity index (χ1v) is 14.2. The number of anilines is 2. The van der Waals surface area contributed by atoms with Gasteiger partial charge in [0.1, 0.15) is 23.2 Å². The Morgan fingerprint density at radius 1 is 1.21 bits per heavy atom. The Kier molecular flexibility index (Phi) is 7.83. The van der Waals surface area contributed by atoms with E-state index >= 15 is 0 Å². The number of nitrogen functional groups attached to an aromatic ring is 1. The van der Waals surface area contributed by atoms with E-state index in [0.29, 0.717) is 41.9 Å². The molecule has 11 heteroatoms. The molecular weight excluding hydrogens is 521 g/mol. The monoisotopic (exact) mass is 555 g/mol. The number of pyridine rings is 2. The number of amides is 1. The Morgan fingerprint density at radius 3 is 2.59 bits per heavy atom. The maximum absolute atomic E-state index is 14.6. The van der Waals surface area contributed by atoms with E-state index < -0.39 is 21.7 Å². The van der Waals surface area contributed by atoms with E-state index in [-0.39, 0.29) is 27.9 Å². The summed E-state index contributed by atoms with van der Waals surface area (Å²) in [6.45, 7) is 11.4. The SMILES string of the molecule is CC(C)COc1cc(F)cc(-c2cc(C(=O)NS(=O)(=O)c3cccc(N)n3)cc(N3C[C@@H](C)CC3(C)C)n2)c1. The number of halogens is 1. The molecule has 0 unspecified atom stereocenters. The summed E-state index contributed by atoms with van der Waals surface area (Å²) >= 11 is 0. The lowest BCUT2D eigenvalue weighted by Crippen LogP contribution is -2.39. The van der Waals surface area contributed by atoms with Crippen LogP contribution in [0.15, 0.2) is 53.6 Å². The van der Waals surface area contributed by atoms with Gasteiger partial charge in [0, 0.05) is 29.3 Å². The van der Waals surface area contributed by atoms with Gasteiger partial charge in [-0.2, -0.15) is 8.42 Å². The van der Waals surface area contributed by atoms with Crippen LogP contribution >= 0.6 is 0 Å². The molecule has 1 aliphatic heterocycles. The number of aromatic nitrogens is 2. The van der Waals surface area contributed by atoms with Gasteiger partial charge in [0.2, 0.25) is 0 Å². The van der Waals surface area contributed by atoms with E-state index in [9.17, 15) is 17.6 Å². The van der Waals surface area contributed by atoms with Crippen LogP contribution in [0.3, 0.4) is 0 Å². The second-order valence-corrected chi connectivity index (χ2v) is 12.7. The summed E-state index contributed by atoms with van der Waals surface area (Å²) in [6.07, 6.45) is 0.906. The third-order valence-corrected chi connectivity index (χ3v) is 7.65. The molecule has 1 aromatic carbocycles. The van der Waals surface area contributed by atoms with Gasteiger partial charge in [0.15, 0.2) is 5.03 Å². The highest BCUT2D eigenvalue weighted by atomic mass is 32.2. The van der Waals surface area contributed by atoms with Crippen LogP contribution in [0.25, 0.3) is 11.3 Å². The van der Waals surface area contributed by atoms with Gasteiger partial charge in [0.25, 0.3) is 15.9 Å². The van der Waals surface area contributed by atoms with Gasteiger partial charge in [-0.3, -0.25) is 4.79 Å². The molecule has 39 heavy (non-hydrogen) atoms. The van der Waals surface area contributed by atoms with Crippen molar-refractivity contribution < 1.29 is 22.3 Å². The van der Waals surface area contributed by atoms with Crippen molar-refractivity contribution in [2.45, 2.75) is 51.6 Å². The van der Waals surface area contributed by atoms with Crippen LogP contribution in [0.1, 0.15) is 51.4 Å². The van der Waals surface area contributed by atoms with Crippen molar-refractivity contribution in [2.24, 2.45) is 11.8 Å². The summed E-state index contributed by atoms with van der Waals surface area (Å²) in [7, 11) is -4.30. The van der Waals surface area contributed by atoms with E-state index in [1.807, 2.05) is 13.8 Å². The van der Waals surface area contributed by atoms with Crippen molar-refractivity contribution in [3.8, 4) is 17.0 Å². The summed E-state index contributed by atoms with van der Waals surface area (Å²) in [6, 6.07) is 11.4. The molecule has 3 heterocycles. The van der Waals surface area contributed by atoms with Gasteiger partial charge in [-0.25, -0.2) is 19.1 Å². The molecule has 4 rings (SSSR count). The predicted molar refractivity (Wildman–Crippen MR) is 148 cm³/mol. The van der Waals surface area contributed by atoms with Crippen molar-refractivity contribution in [3.05, 3.63) is 59.9 Å². The number of hydrogen-bond acceptors (Lipinski definition) is 8. The Labute approximate surface area is 228 Å². The number of hydrogen-bond donors (Lipinski definition) is 2. The first kappa shape index (κ1) is 28.3. The lowest BCUT2D eigenvalue weighted by atomic mass is 9.97. The third-order valence-electron chi connectivity index (χ3n) is 6.42. The van der Waals surface area contributed by atoms with Crippen molar-refractivity contribution >= 4 is 27.6 Å². The second kappa shape index (κ2) is 10.8. The zero-order valence-electron chi connectivity index (χ0n) is 22.7. The number of sulfonamides is 1. The summed E-state index contributed by atoms with van der Waals surface area (Å²) < 4.78 is 48.2. The van der Waals surface area contributed by atoms with E-state index in [2.05, 4.69) is 35.4 Å². The number of rotatable bonds is 8. The Bertz CT molecular complexity index is 1490. The fourth-order valence-corrected chi connectivity index (χ4v) is 5.74. The van der Waals surface area contributed by atoms with E-state index in [1.165, 1.54) is 36.4 Å². The molecule has 0 saturated carbocycles. The summed E-state index contributed by atoms with van der Waals surface area (Å²) in [5, 5.41) is -0.378. The predicted octanol–water partition coefficient (Wildman–Crippen LogP) is 4.64. The number of nitrogens with zero attached hydrogens (tertiary/aromatic N) is 3. The van der Waals surface area contributed by atoms with Gasteiger partial charge in [-0.15, -0.1) is 0 Å². The Morgan fingerprint density at radius 2 is 1.95 bits per heavy atom. The minimum atomic E-state index is -4.30. The van der Waals surface area contributed by atoms with E-state index in [4.69, 9.17) is 15.5 Å². The zero-order valence-corrected chi connectivity index (χ0v) is 23.5. The van der Waals surface area contributed by atoms with Gasteiger partial charge >= 0.3 is 0 Å². The standard InChI is InChI=1S/C28H34FN5O4S/c1-17(2)16-38-22-10-19(9-21(29)13-22)23-11-20(12-25(31-23)34-15-18(3)14-28(34,4)5)27(35)33-39(36,37)26-8-6-7-24(30)32-26/h6-13,17-18H,14-16H2,1-5H3,(H2,30,32)(H,33,35)/t18-/m0/s1. The van der Waals surface area contributed by atoms with Crippen LogP contribution in [-0.2, 0) is 10.0 Å². The van der Waals surface area contributed by atoms with Crippen LogP contribution in [0.2, 0.25) is 0 Å². The topological polar surface area (TPSA) is 128 Å². The smallest absolute Gasteiger partial charge is 0.281 e. The molecule has 0 aliphatic carbocycles. The second-order valence-electron chi connectivity index (χ2n) is 11.0. The third kappa shape index (κ3) is 6.65. The minimum Gasteiger partial charge on any atom is -0.493 e. The maximum Gasteiger partial charge on any atom is 0.281 e. The van der Waals surface area contributed by atoms with E-state index in [0.717, 1.165) is 6.42 Å². The van der Waals surface area contributed by atoms with E-state index in [1.54, 1.807) is 12.1 Å². The molecule has 9 nitrogen and oxygen atoms in total. The van der Waals surface area contributed by atoms with Gasteiger partial charge in [-0.05, 0) is 68.5 Å². The number of ether oxygens (including phenoxy) is 1. The largest absolute Gasteiger partial charge is 0.493 e. The molecule has 3 N–H and O–H groups in total. The van der Waals surface area contributed by atoms with Crippen LogP contribution in [0.4, 0.5) is 16.0 Å². The first-order valence-electron chi connectivity index (χ1n) is 12.8. The zero-order chi connectivity index (χ0) is 28.5. The molecule has 1 saturated heterocycles. The fourth-order valence-electron chi connectivity index (χ4n) is 4.79. The highest BCUT2D eigenvalue weighted by molar-refractivity contribution is 7.90. The van der Waals surface area contributed by atoms with Gasteiger partial charge in [0.05, 0.1) is 12.3 Å². The van der Waals surface area contributed by atoms with Crippen LogP contribution in [0, 0.1) is 17.7 Å². The minimum absolute atomic E-state index is 0.00536. The lowest BCUT2D eigenvalue weighted by Gasteiger charge is -2.33. The van der Waals surface area contributed by atoms with Crippen molar-refractivity contribution in [1.82, 2.24) is 14.7 Å². The molecule has 0 bridgehead atoms. The summed E-state index contributed by atoms with van der Waals surface area (Å²) in [4.78, 5) is 24.0. The normalized spacial score (nSPS) is 16.9. The average Bonchev–Trinajstić information content (AvgIpc) is 3.13. The maximum atomic E-state index is 14.6. The molecule has 3 aromatic rings. The molecule has 1 atom stereocenters. The number of benzene rings is 1. The average molecular weight is 556 g/mol. The summed E-state index contributed by atoms with van der Waals surface area (Å²) in [5.74, 6) is 0.0532. The van der Waals surface area contributed by atoms with Crippen LogP contribution in [0.5, 0.6) is 5.75 Å². The molecule has 1 fully saturated rings. The Hall–Kier alpha value is -3.73. The van der Waals surface area contributed by atoms with Crippen LogP contribution < -0.4 is 20.1 Å². The van der Waals surface area contributed by atoms with Gasteiger partial charge < -0.3 is 15.4 Å². The Balaban J connectivity index is 1.78. The molecule has 208 valence electrons. The number of nitrogens with two attached hydrogens (primary N) is 1. The molecule has 2 aromatic heterocycles. The highest BCUT2D eigenvalue weighted by Gasteiger charge is 2.37. The number of nitrogens with one attached hydrogen (secondary N) is 1. The molecule has 1 aliphatic rings. The molecule has 0 radical (unpaired) electrons.